The Labute approximate surface area is 150 Å². The van der Waals surface area contributed by atoms with E-state index in [1.165, 1.54) is 0 Å². The Bertz CT molecular complexity index is 712. The lowest BCUT2D eigenvalue weighted by molar-refractivity contribution is 0.0666. The van der Waals surface area contributed by atoms with Gasteiger partial charge in [0.05, 0.1) is 19.8 Å². The standard InChI is InChI=1S/C21H27NO3/c1-6-21(22(2)3,15-16-10-8-7-9-11-16)20(23)17-12-13-18(24-4)19(14-17)25-5/h7-14H,6,15H2,1-5H3. The fourth-order valence-electron chi connectivity index (χ4n) is 3.22. The molecule has 0 N–H and O–H groups in total. The lowest BCUT2D eigenvalue weighted by Crippen LogP contribution is -2.52. The van der Waals surface area contributed by atoms with Gasteiger partial charge in [-0.3, -0.25) is 9.69 Å². The van der Waals surface area contributed by atoms with Crippen molar-refractivity contribution in [3.63, 3.8) is 0 Å². The van der Waals surface area contributed by atoms with E-state index < -0.39 is 5.54 Å². The zero-order chi connectivity index (χ0) is 18.4. The van der Waals surface area contributed by atoms with Crippen molar-refractivity contribution >= 4 is 5.78 Å². The van der Waals surface area contributed by atoms with E-state index in [2.05, 4.69) is 19.1 Å². The van der Waals surface area contributed by atoms with E-state index in [-0.39, 0.29) is 5.78 Å². The van der Waals surface area contributed by atoms with Gasteiger partial charge in [0.1, 0.15) is 0 Å². The van der Waals surface area contributed by atoms with Crippen LogP contribution in [0, 0.1) is 0 Å². The number of methoxy groups -OCH3 is 2. The molecule has 0 saturated carbocycles. The van der Waals surface area contributed by atoms with Gasteiger partial charge in [-0.2, -0.15) is 0 Å². The van der Waals surface area contributed by atoms with Gasteiger partial charge >= 0.3 is 0 Å². The van der Waals surface area contributed by atoms with Crippen LogP contribution in [0.3, 0.4) is 0 Å². The summed E-state index contributed by atoms with van der Waals surface area (Å²) < 4.78 is 10.6. The van der Waals surface area contributed by atoms with Crippen LogP contribution in [0.2, 0.25) is 0 Å². The maximum absolute atomic E-state index is 13.5. The summed E-state index contributed by atoms with van der Waals surface area (Å²) in [6.07, 6.45) is 1.37. The van der Waals surface area contributed by atoms with Gasteiger partial charge in [0.25, 0.3) is 0 Å². The molecule has 25 heavy (non-hydrogen) atoms. The summed E-state index contributed by atoms with van der Waals surface area (Å²) in [5.41, 5.74) is 1.16. The number of likely N-dealkylation sites (N-methyl/N-ethyl adjacent to an activating group) is 1. The molecule has 0 heterocycles. The minimum Gasteiger partial charge on any atom is -0.493 e. The van der Waals surface area contributed by atoms with Crippen LogP contribution in [0.15, 0.2) is 48.5 Å². The summed E-state index contributed by atoms with van der Waals surface area (Å²) in [6.45, 7) is 2.06. The molecule has 0 bridgehead atoms. The van der Waals surface area contributed by atoms with Crippen LogP contribution in [0.25, 0.3) is 0 Å². The third-order valence-corrected chi connectivity index (χ3v) is 4.85. The van der Waals surface area contributed by atoms with E-state index >= 15 is 0 Å². The molecular formula is C21H27NO3. The van der Waals surface area contributed by atoms with Gasteiger partial charge < -0.3 is 9.47 Å². The van der Waals surface area contributed by atoms with Gasteiger partial charge in [0, 0.05) is 5.56 Å². The number of carbonyl (C=O) groups excluding carboxylic acids is 1. The average molecular weight is 341 g/mol. The average Bonchev–Trinajstić information content (AvgIpc) is 2.65. The van der Waals surface area contributed by atoms with Crippen molar-refractivity contribution in [2.24, 2.45) is 0 Å². The molecule has 4 nitrogen and oxygen atoms in total. The molecule has 0 radical (unpaired) electrons. The highest BCUT2D eigenvalue weighted by Crippen LogP contribution is 2.32. The van der Waals surface area contributed by atoms with E-state index in [1.807, 2.05) is 43.3 Å². The van der Waals surface area contributed by atoms with Crippen LogP contribution in [0.1, 0.15) is 29.3 Å². The van der Waals surface area contributed by atoms with Gasteiger partial charge in [-0.1, -0.05) is 37.3 Å². The molecular weight excluding hydrogens is 314 g/mol. The smallest absolute Gasteiger partial charge is 0.183 e. The molecule has 0 saturated heterocycles. The first-order chi connectivity index (χ1) is 12.0. The molecule has 1 atom stereocenters. The molecule has 4 heteroatoms. The van der Waals surface area contributed by atoms with Crippen LogP contribution in [-0.4, -0.2) is 44.5 Å². The van der Waals surface area contributed by atoms with Gasteiger partial charge in [-0.05, 0) is 50.7 Å². The fraction of sp³-hybridized carbons (Fsp3) is 0.381. The minimum atomic E-state index is -0.610. The molecule has 134 valence electrons. The van der Waals surface area contributed by atoms with Crippen molar-refractivity contribution in [1.82, 2.24) is 4.90 Å². The number of nitrogens with zero attached hydrogens (tertiary/aromatic N) is 1. The number of carbonyl (C=O) groups is 1. The number of ether oxygens (including phenoxy) is 2. The Morgan fingerprint density at radius 3 is 2.16 bits per heavy atom. The normalized spacial score (nSPS) is 13.4. The number of Topliss-reactive ketones (excluding diaryl/α,β-unsaturated/α-hetero) is 1. The number of hydrogen-bond acceptors (Lipinski definition) is 4. The molecule has 0 aromatic heterocycles. The van der Waals surface area contributed by atoms with Crippen LogP contribution in [-0.2, 0) is 6.42 Å². The maximum Gasteiger partial charge on any atom is 0.183 e. The monoisotopic (exact) mass is 341 g/mol. The summed E-state index contributed by atoms with van der Waals surface area (Å²) in [7, 11) is 7.09. The summed E-state index contributed by atoms with van der Waals surface area (Å²) in [4.78, 5) is 15.5. The van der Waals surface area contributed by atoms with E-state index in [1.54, 1.807) is 26.4 Å². The molecule has 0 fully saturated rings. The van der Waals surface area contributed by atoms with E-state index in [0.29, 0.717) is 29.9 Å². The van der Waals surface area contributed by atoms with E-state index in [9.17, 15) is 4.79 Å². The molecule has 2 rings (SSSR count). The Morgan fingerprint density at radius 2 is 1.64 bits per heavy atom. The highest BCUT2D eigenvalue weighted by molar-refractivity contribution is 6.04. The maximum atomic E-state index is 13.5. The van der Waals surface area contributed by atoms with E-state index in [0.717, 1.165) is 5.56 Å². The largest absolute Gasteiger partial charge is 0.493 e. The summed E-state index contributed by atoms with van der Waals surface area (Å²) in [5.74, 6) is 1.27. The van der Waals surface area contributed by atoms with Gasteiger partial charge in [-0.15, -0.1) is 0 Å². The fourth-order valence-corrected chi connectivity index (χ4v) is 3.22. The third kappa shape index (κ3) is 3.85. The van der Waals surface area contributed by atoms with Crippen LogP contribution in [0.4, 0.5) is 0 Å². The molecule has 0 aliphatic rings. The van der Waals surface area contributed by atoms with Crippen LogP contribution in [0.5, 0.6) is 11.5 Å². The summed E-state index contributed by atoms with van der Waals surface area (Å²) >= 11 is 0. The second-order valence-electron chi connectivity index (χ2n) is 6.34. The van der Waals surface area contributed by atoms with Crippen molar-refractivity contribution < 1.29 is 14.3 Å². The lowest BCUT2D eigenvalue weighted by Gasteiger charge is -2.38. The number of hydrogen-bond donors (Lipinski definition) is 0. The SMILES string of the molecule is CCC(Cc1ccccc1)(C(=O)c1ccc(OC)c(OC)c1)N(C)C. The first-order valence-corrected chi connectivity index (χ1v) is 8.46. The van der Waals surface area contributed by atoms with Crippen LogP contribution >= 0.6 is 0 Å². The molecule has 0 aliphatic heterocycles. The predicted octanol–water partition coefficient (Wildman–Crippen LogP) is 3.84. The minimum absolute atomic E-state index is 0.0878. The second kappa shape index (κ2) is 8.17. The summed E-state index contributed by atoms with van der Waals surface area (Å²) in [6, 6.07) is 15.5. The van der Waals surface area contributed by atoms with Gasteiger partial charge in [-0.25, -0.2) is 0 Å². The first-order valence-electron chi connectivity index (χ1n) is 8.46. The van der Waals surface area contributed by atoms with Gasteiger partial charge in [0.15, 0.2) is 17.3 Å². The second-order valence-corrected chi connectivity index (χ2v) is 6.34. The van der Waals surface area contributed by atoms with E-state index in [4.69, 9.17) is 9.47 Å². The molecule has 2 aromatic carbocycles. The Morgan fingerprint density at radius 1 is 1.00 bits per heavy atom. The molecule has 0 aliphatic carbocycles. The third-order valence-electron chi connectivity index (χ3n) is 4.85. The lowest BCUT2D eigenvalue weighted by atomic mass is 9.80. The van der Waals surface area contributed by atoms with Crippen molar-refractivity contribution in [3.05, 3.63) is 59.7 Å². The van der Waals surface area contributed by atoms with Crippen molar-refractivity contribution in [1.29, 1.82) is 0 Å². The van der Waals surface area contributed by atoms with Gasteiger partial charge in [0.2, 0.25) is 0 Å². The number of benzene rings is 2. The first kappa shape index (κ1) is 19.0. The Balaban J connectivity index is 2.45. The van der Waals surface area contributed by atoms with Crippen molar-refractivity contribution in [2.75, 3.05) is 28.3 Å². The van der Waals surface area contributed by atoms with Crippen molar-refractivity contribution in [2.45, 2.75) is 25.3 Å². The summed E-state index contributed by atoms with van der Waals surface area (Å²) in [5, 5.41) is 0. The number of ketones is 1. The highest BCUT2D eigenvalue weighted by Gasteiger charge is 2.39. The zero-order valence-electron chi connectivity index (χ0n) is 15.7. The molecule has 1 unspecified atom stereocenters. The highest BCUT2D eigenvalue weighted by atomic mass is 16.5. The zero-order valence-corrected chi connectivity index (χ0v) is 15.7. The molecule has 2 aromatic rings. The van der Waals surface area contributed by atoms with Crippen LogP contribution < -0.4 is 9.47 Å². The van der Waals surface area contributed by atoms with Crippen molar-refractivity contribution in [3.8, 4) is 11.5 Å². The molecule has 0 amide bonds. The predicted molar refractivity (Wildman–Crippen MR) is 101 cm³/mol. The quantitative estimate of drug-likeness (QED) is 0.684. The Kier molecular flexibility index (Phi) is 6.21. The molecule has 0 spiro atoms. The topological polar surface area (TPSA) is 38.8 Å². The number of rotatable bonds is 8. The Hall–Kier alpha value is -2.33.